The van der Waals surface area contributed by atoms with Crippen LogP contribution in [0.1, 0.15) is 13.8 Å². The predicted octanol–water partition coefficient (Wildman–Crippen LogP) is 3.81. The summed E-state index contributed by atoms with van der Waals surface area (Å²) in [6, 6.07) is 13.0. The van der Waals surface area contributed by atoms with Gasteiger partial charge in [-0.25, -0.2) is 13.4 Å². The third kappa shape index (κ3) is 4.84. The first-order valence-corrected chi connectivity index (χ1v) is 12.4. The number of nitrogens with one attached hydrogen (secondary N) is 2. The molecule has 7 nitrogen and oxygen atoms in total. The van der Waals surface area contributed by atoms with E-state index >= 15 is 0 Å². The number of sulfonamides is 1. The summed E-state index contributed by atoms with van der Waals surface area (Å²) in [5, 5.41) is 6.25. The van der Waals surface area contributed by atoms with Crippen molar-refractivity contribution in [2.45, 2.75) is 30.8 Å². The first-order valence-electron chi connectivity index (χ1n) is 10.1. The number of methoxy groups -OCH3 is 1. The predicted molar refractivity (Wildman–Crippen MR) is 126 cm³/mol. The van der Waals surface area contributed by atoms with Crippen LogP contribution in [0.15, 0.2) is 58.9 Å². The van der Waals surface area contributed by atoms with Crippen LogP contribution in [0, 0.1) is 0 Å². The molecule has 0 bridgehead atoms. The normalized spacial score (nSPS) is 19.3. The molecule has 2 N–H and O–H groups in total. The van der Waals surface area contributed by atoms with E-state index in [1.54, 1.807) is 36.5 Å². The van der Waals surface area contributed by atoms with Crippen LogP contribution in [-0.4, -0.2) is 45.7 Å². The number of ether oxygens (including phenoxy) is 1. The summed E-state index contributed by atoms with van der Waals surface area (Å²) in [6.45, 7) is 5.98. The molecule has 164 valence electrons. The van der Waals surface area contributed by atoms with Gasteiger partial charge in [-0.1, -0.05) is 12.1 Å². The lowest BCUT2D eigenvalue weighted by atomic mass is 10.1. The molecule has 0 saturated carbocycles. The van der Waals surface area contributed by atoms with E-state index in [2.05, 4.69) is 33.8 Å². The Balaban J connectivity index is 1.59. The summed E-state index contributed by atoms with van der Waals surface area (Å²) >= 11 is 1.51. The Labute approximate surface area is 187 Å². The molecule has 2 atom stereocenters. The summed E-state index contributed by atoms with van der Waals surface area (Å²) in [4.78, 5) is 6.70. The molecule has 3 aromatic rings. The first-order chi connectivity index (χ1) is 14.9. The number of nitrogens with zero attached hydrogens (tertiary/aromatic N) is 2. The van der Waals surface area contributed by atoms with Gasteiger partial charge in [0.05, 0.1) is 17.7 Å². The minimum absolute atomic E-state index is 0.185. The fourth-order valence-electron chi connectivity index (χ4n) is 3.86. The van der Waals surface area contributed by atoms with Crippen molar-refractivity contribution in [2.24, 2.45) is 0 Å². The quantitative estimate of drug-likeness (QED) is 0.585. The average molecular weight is 459 g/mol. The zero-order chi connectivity index (χ0) is 22.0. The summed E-state index contributed by atoms with van der Waals surface area (Å²) in [7, 11) is -2.25. The lowest BCUT2D eigenvalue weighted by Crippen LogP contribution is -2.54. The van der Waals surface area contributed by atoms with Gasteiger partial charge in [-0.05, 0) is 44.2 Å². The molecule has 0 radical (unpaired) electrons. The fraction of sp³-hybridized carbons (Fsp3) is 0.318. The number of rotatable bonds is 6. The third-order valence-electron chi connectivity index (χ3n) is 5.19. The molecule has 1 aliphatic rings. The Bertz CT molecular complexity index is 1120. The van der Waals surface area contributed by atoms with Crippen molar-refractivity contribution in [3.63, 3.8) is 0 Å². The molecule has 9 heteroatoms. The largest absolute Gasteiger partial charge is 0.495 e. The van der Waals surface area contributed by atoms with Crippen LogP contribution in [0.4, 0.5) is 11.4 Å². The van der Waals surface area contributed by atoms with Crippen LogP contribution in [0.2, 0.25) is 0 Å². The molecule has 0 aliphatic carbocycles. The molecule has 0 spiro atoms. The molecule has 0 amide bonds. The smallest absolute Gasteiger partial charge is 0.262 e. The molecule has 0 unspecified atom stereocenters. The van der Waals surface area contributed by atoms with E-state index in [0.29, 0.717) is 23.5 Å². The highest BCUT2D eigenvalue weighted by Gasteiger charge is 2.23. The number of hydrogen-bond acceptors (Lipinski definition) is 7. The van der Waals surface area contributed by atoms with Crippen molar-refractivity contribution in [2.75, 3.05) is 29.8 Å². The Hall–Kier alpha value is -2.62. The first kappa shape index (κ1) is 21.6. The van der Waals surface area contributed by atoms with E-state index in [0.717, 1.165) is 29.3 Å². The maximum Gasteiger partial charge on any atom is 0.262 e. The van der Waals surface area contributed by atoms with E-state index in [1.165, 1.54) is 18.4 Å². The molecule has 31 heavy (non-hydrogen) atoms. The lowest BCUT2D eigenvalue weighted by Gasteiger charge is -2.38. The van der Waals surface area contributed by atoms with E-state index in [-0.39, 0.29) is 4.90 Å². The molecule has 2 aromatic carbocycles. The van der Waals surface area contributed by atoms with E-state index < -0.39 is 10.0 Å². The second-order valence-electron chi connectivity index (χ2n) is 7.73. The van der Waals surface area contributed by atoms with Crippen molar-refractivity contribution in [1.29, 1.82) is 0 Å². The van der Waals surface area contributed by atoms with Gasteiger partial charge < -0.3 is 15.0 Å². The van der Waals surface area contributed by atoms with Crippen LogP contribution in [0.5, 0.6) is 5.75 Å². The number of piperazine rings is 1. The minimum Gasteiger partial charge on any atom is -0.495 e. The van der Waals surface area contributed by atoms with Gasteiger partial charge in [-0.15, -0.1) is 11.3 Å². The summed E-state index contributed by atoms with van der Waals surface area (Å²) in [5.41, 5.74) is 2.26. The monoisotopic (exact) mass is 458 g/mol. The summed E-state index contributed by atoms with van der Waals surface area (Å²) in [5.74, 6) is 0.475. The van der Waals surface area contributed by atoms with Crippen molar-refractivity contribution in [1.82, 2.24) is 10.3 Å². The van der Waals surface area contributed by atoms with Gasteiger partial charge >= 0.3 is 0 Å². The number of benzene rings is 2. The van der Waals surface area contributed by atoms with Crippen LogP contribution < -0.4 is 19.7 Å². The molecular weight excluding hydrogens is 432 g/mol. The molecule has 1 fully saturated rings. The number of anilines is 2. The molecule has 1 saturated heterocycles. The number of aromatic nitrogens is 1. The zero-order valence-corrected chi connectivity index (χ0v) is 19.3. The average Bonchev–Trinajstić information content (AvgIpc) is 3.28. The van der Waals surface area contributed by atoms with E-state index in [1.807, 2.05) is 17.5 Å². The molecule has 2 heterocycles. The molecule has 4 rings (SSSR count). The van der Waals surface area contributed by atoms with Crippen LogP contribution in [0.3, 0.4) is 0 Å². The van der Waals surface area contributed by atoms with Crippen LogP contribution in [0.25, 0.3) is 10.6 Å². The number of hydrogen-bond donors (Lipinski definition) is 2. The summed E-state index contributed by atoms with van der Waals surface area (Å²) < 4.78 is 34.2. The standard InChI is InChI=1S/C22H26N4O3S2/c1-15-13-26(14-16(2)24-15)18-6-9-21(29-3)20(12-18)25-31(27,28)19-7-4-17(5-8-19)22-23-10-11-30-22/h4-12,15-16,24-25H,13-14H2,1-3H3/t15-,16+. The topological polar surface area (TPSA) is 83.6 Å². The van der Waals surface area contributed by atoms with Gasteiger partial charge in [0.15, 0.2) is 0 Å². The van der Waals surface area contributed by atoms with Crippen molar-refractivity contribution in [3.8, 4) is 16.3 Å². The lowest BCUT2D eigenvalue weighted by molar-refractivity contribution is 0.406. The van der Waals surface area contributed by atoms with Gasteiger partial charge in [0.2, 0.25) is 0 Å². The van der Waals surface area contributed by atoms with Gasteiger partial charge in [0.1, 0.15) is 10.8 Å². The molecule has 1 aliphatic heterocycles. The van der Waals surface area contributed by atoms with Crippen molar-refractivity contribution in [3.05, 3.63) is 54.0 Å². The van der Waals surface area contributed by atoms with Crippen molar-refractivity contribution < 1.29 is 13.2 Å². The Morgan fingerprint density at radius 2 is 1.84 bits per heavy atom. The third-order valence-corrected chi connectivity index (χ3v) is 7.40. The molecular formula is C22H26N4O3S2. The van der Waals surface area contributed by atoms with Gasteiger partial charge in [-0.2, -0.15) is 0 Å². The minimum atomic E-state index is -3.78. The Morgan fingerprint density at radius 3 is 2.45 bits per heavy atom. The van der Waals surface area contributed by atoms with Crippen LogP contribution >= 0.6 is 11.3 Å². The Morgan fingerprint density at radius 1 is 1.13 bits per heavy atom. The maximum atomic E-state index is 13.1. The van der Waals surface area contributed by atoms with Crippen molar-refractivity contribution >= 4 is 32.7 Å². The Kier molecular flexibility index (Phi) is 6.17. The highest BCUT2D eigenvalue weighted by atomic mass is 32.2. The SMILES string of the molecule is COc1ccc(N2C[C@@H](C)N[C@@H](C)C2)cc1NS(=O)(=O)c1ccc(-c2nccs2)cc1. The van der Waals surface area contributed by atoms with E-state index in [4.69, 9.17) is 4.74 Å². The van der Waals surface area contributed by atoms with Gasteiger partial charge in [0, 0.05) is 48.0 Å². The van der Waals surface area contributed by atoms with Gasteiger partial charge in [0.25, 0.3) is 10.0 Å². The van der Waals surface area contributed by atoms with Gasteiger partial charge in [-0.3, -0.25) is 4.72 Å². The highest BCUT2D eigenvalue weighted by Crippen LogP contribution is 2.32. The molecule has 1 aromatic heterocycles. The second-order valence-corrected chi connectivity index (χ2v) is 10.3. The van der Waals surface area contributed by atoms with E-state index in [9.17, 15) is 8.42 Å². The maximum absolute atomic E-state index is 13.1. The fourth-order valence-corrected chi connectivity index (χ4v) is 5.56. The van der Waals surface area contributed by atoms with Crippen LogP contribution in [-0.2, 0) is 10.0 Å². The summed E-state index contributed by atoms with van der Waals surface area (Å²) in [6.07, 6.45) is 1.73. The second kappa shape index (κ2) is 8.86. The zero-order valence-electron chi connectivity index (χ0n) is 17.7. The number of thiazole rings is 1. The highest BCUT2D eigenvalue weighted by molar-refractivity contribution is 7.92.